The highest BCUT2D eigenvalue weighted by atomic mass is 16.2. The van der Waals surface area contributed by atoms with E-state index in [9.17, 15) is 4.79 Å². The van der Waals surface area contributed by atoms with Crippen molar-refractivity contribution in [3.05, 3.63) is 29.8 Å². The van der Waals surface area contributed by atoms with Crippen LogP contribution < -0.4 is 10.6 Å². The predicted octanol–water partition coefficient (Wildman–Crippen LogP) is 3.90. The minimum absolute atomic E-state index is 0.108. The normalized spacial score (nSPS) is 16.8. The Morgan fingerprint density at radius 3 is 2.26 bits per heavy atom. The van der Waals surface area contributed by atoms with Crippen LogP contribution in [0.2, 0.25) is 0 Å². The molecule has 0 spiro atoms. The molecule has 0 radical (unpaired) electrons. The number of rotatable bonds is 3. The van der Waals surface area contributed by atoms with Crippen LogP contribution in [0.25, 0.3) is 0 Å². The maximum atomic E-state index is 11.8. The van der Waals surface area contributed by atoms with Gasteiger partial charge in [-0.1, -0.05) is 32.9 Å². The molecule has 0 aromatic heterocycles. The molecule has 1 aliphatic rings. The summed E-state index contributed by atoms with van der Waals surface area (Å²) in [4.78, 5) is 11.8. The summed E-state index contributed by atoms with van der Waals surface area (Å²) in [6, 6.07) is 8.22. The van der Waals surface area contributed by atoms with Gasteiger partial charge in [-0.3, -0.25) is 0 Å². The summed E-state index contributed by atoms with van der Waals surface area (Å²) in [6.45, 7) is 8.61. The van der Waals surface area contributed by atoms with Crippen LogP contribution in [-0.2, 0) is 5.41 Å². The molecule has 3 heteroatoms. The molecular formula is C16H24N2O. The number of nitrogens with one attached hydrogen (secondary N) is 2. The van der Waals surface area contributed by atoms with Crippen molar-refractivity contribution < 1.29 is 4.79 Å². The minimum Gasteiger partial charge on any atom is -0.335 e. The zero-order valence-electron chi connectivity index (χ0n) is 12.3. The van der Waals surface area contributed by atoms with E-state index in [0.29, 0.717) is 5.92 Å². The van der Waals surface area contributed by atoms with Crippen molar-refractivity contribution in [2.75, 3.05) is 5.32 Å². The smallest absolute Gasteiger partial charge is 0.319 e. The molecule has 0 saturated heterocycles. The Morgan fingerprint density at radius 2 is 1.79 bits per heavy atom. The van der Waals surface area contributed by atoms with Crippen molar-refractivity contribution in [1.82, 2.24) is 5.32 Å². The van der Waals surface area contributed by atoms with Crippen LogP contribution in [0, 0.1) is 5.92 Å². The van der Waals surface area contributed by atoms with Crippen LogP contribution in [0.5, 0.6) is 0 Å². The monoisotopic (exact) mass is 260 g/mol. The van der Waals surface area contributed by atoms with E-state index in [4.69, 9.17) is 0 Å². The second-order valence-electron chi connectivity index (χ2n) is 6.55. The third-order valence-electron chi connectivity index (χ3n) is 3.70. The van der Waals surface area contributed by atoms with Gasteiger partial charge in [-0.2, -0.15) is 0 Å². The fourth-order valence-electron chi connectivity index (χ4n) is 2.14. The summed E-state index contributed by atoms with van der Waals surface area (Å²) in [5.74, 6) is 0.675. The second kappa shape index (κ2) is 5.24. The van der Waals surface area contributed by atoms with Gasteiger partial charge in [-0.05, 0) is 48.8 Å². The van der Waals surface area contributed by atoms with Gasteiger partial charge in [0.15, 0.2) is 0 Å². The van der Waals surface area contributed by atoms with E-state index in [2.05, 4.69) is 50.5 Å². The number of hydrogen-bond donors (Lipinski definition) is 2. The van der Waals surface area contributed by atoms with Gasteiger partial charge in [0.2, 0.25) is 0 Å². The summed E-state index contributed by atoms with van der Waals surface area (Å²) < 4.78 is 0. The SMILES string of the molecule is CC(NC(=O)Nc1ccc(C(C)(C)C)cc1)C1CC1. The molecule has 2 N–H and O–H groups in total. The molecule has 1 saturated carbocycles. The number of carbonyl (C=O) groups is 1. The van der Waals surface area contributed by atoms with E-state index in [1.807, 2.05) is 12.1 Å². The first kappa shape index (κ1) is 13.9. The van der Waals surface area contributed by atoms with Crippen molar-refractivity contribution in [1.29, 1.82) is 0 Å². The fraction of sp³-hybridized carbons (Fsp3) is 0.562. The highest BCUT2D eigenvalue weighted by Gasteiger charge is 2.28. The van der Waals surface area contributed by atoms with Crippen LogP contribution in [-0.4, -0.2) is 12.1 Å². The second-order valence-corrected chi connectivity index (χ2v) is 6.55. The molecule has 1 fully saturated rings. The molecule has 0 aliphatic heterocycles. The van der Waals surface area contributed by atoms with Gasteiger partial charge in [0, 0.05) is 11.7 Å². The number of urea groups is 1. The molecule has 19 heavy (non-hydrogen) atoms. The van der Waals surface area contributed by atoms with Crippen molar-refractivity contribution in [3.8, 4) is 0 Å². The van der Waals surface area contributed by atoms with Gasteiger partial charge in [-0.25, -0.2) is 4.79 Å². The molecule has 104 valence electrons. The van der Waals surface area contributed by atoms with E-state index >= 15 is 0 Å². The Labute approximate surface area is 115 Å². The van der Waals surface area contributed by atoms with Gasteiger partial charge >= 0.3 is 6.03 Å². The topological polar surface area (TPSA) is 41.1 Å². The summed E-state index contributed by atoms with van der Waals surface area (Å²) >= 11 is 0. The summed E-state index contributed by atoms with van der Waals surface area (Å²) in [7, 11) is 0. The quantitative estimate of drug-likeness (QED) is 0.850. The first-order valence-corrected chi connectivity index (χ1v) is 7.04. The van der Waals surface area contributed by atoms with Crippen molar-refractivity contribution in [2.24, 2.45) is 5.92 Å². The first-order valence-electron chi connectivity index (χ1n) is 7.04. The van der Waals surface area contributed by atoms with Gasteiger partial charge in [0.25, 0.3) is 0 Å². The predicted molar refractivity (Wildman–Crippen MR) is 79.5 cm³/mol. The third kappa shape index (κ3) is 3.98. The molecule has 1 atom stereocenters. The van der Waals surface area contributed by atoms with E-state index in [-0.39, 0.29) is 17.5 Å². The third-order valence-corrected chi connectivity index (χ3v) is 3.70. The van der Waals surface area contributed by atoms with Crippen LogP contribution >= 0.6 is 0 Å². The highest BCUT2D eigenvalue weighted by Crippen LogP contribution is 2.32. The molecule has 0 heterocycles. The van der Waals surface area contributed by atoms with Crippen LogP contribution in [0.3, 0.4) is 0 Å². The van der Waals surface area contributed by atoms with Gasteiger partial charge in [-0.15, -0.1) is 0 Å². The maximum absolute atomic E-state index is 11.8. The molecule has 0 bridgehead atoms. The average Bonchev–Trinajstić information content (AvgIpc) is 3.11. The Morgan fingerprint density at radius 1 is 1.21 bits per heavy atom. The number of anilines is 1. The molecule has 2 rings (SSSR count). The molecule has 3 nitrogen and oxygen atoms in total. The van der Waals surface area contributed by atoms with E-state index in [1.54, 1.807) is 0 Å². The summed E-state index contributed by atoms with van der Waals surface area (Å²) in [5, 5.41) is 5.87. The van der Waals surface area contributed by atoms with E-state index in [1.165, 1.54) is 18.4 Å². The van der Waals surface area contributed by atoms with Crippen molar-refractivity contribution in [2.45, 2.75) is 52.0 Å². The van der Waals surface area contributed by atoms with Gasteiger partial charge in [0.1, 0.15) is 0 Å². The maximum Gasteiger partial charge on any atom is 0.319 e. The standard InChI is InChI=1S/C16H24N2O/c1-11(12-5-6-12)17-15(19)18-14-9-7-13(8-10-14)16(2,3)4/h7-12H,5-6H2,1-4H3,(H2,17,18,19). The zero-order chi connectivity index (χ0) is 14.0. The van der Waals surface area contributed by atoms with Crippen molar-refractivity contribution in [3.63, 3.8) is 0 Å². The number of benzene rings is 1. The Balaban J connectivity index is 1.90. The Bertz CT molecular complexity index is 441. The molecule has 1 aromatic rings. The lowest BCUT2D eigenvalue weighted by Gasteiger charge is -2.19. The van der Waals surface area contributed by atoms with Crippen molar-refractivity contribution >= 4 is 11.7 Å². The molecule has 1 aromatic carbocycles. The Hall–Kier alpha value is -1.51. The molecular weight excluding hydrogens is 236 g/mol. The average molecular weight is 260 g/mol. The van der Waals surface area contributed by atoms with Crippen LogP contribution in [0.4, 0.5) is 10.5 Å². The van der Waals surface area contributed by atoms with Crippen LogP contribution in [0.1, 0.15) is 46.1 Å². The number of carbonyl (C=O) groups excluding carboxylic acids is 1. The highest BCUT2D eigenvalue weighted by molar-refractivity contribution is 5.89. The van der Waals surface area contributed by atoms with Gasteiger partial charge < -0.3 is 10.6 Å². The van der Waals surface area contributed by atoms with Gasteiger partial charge in [0.05, 0.1) is 0 Å². The van der Waals surface area contributed by atoms with E-state index < -0.39 is 0 Å². The molecule has 1 aliphatic carbocycles. The fourth-order valence-corrected chi connectivity index (χ4v) is 2.14. The minimum atomic E-state index is -0.108. The van der Waals surface area contributed by atoms with Crippen LogP contribution in [0.15, 0.2) is 24.3 Å². The molecule has 1 unspecified atom stereocenters. The Kier molecular flexibility index (Phi) is 3.83. The lowest BCUT2D eigenvalue weighted by molar-refractivity contribution is 0.248. The first-order chi connectivity index (χ1) is 8.86. The number of amides is 2. The zero-order valence-corrected chi connectivity index (χ0v) is 12.3. The molecule has 2 amide bonds. The summed E-state index contributed by atoms with van der Waals surface area (Å²) in [6.07, 6.45) is 2.48. The lowest BCUT2D eigenvalue weighted by Crippen LogP contribution is -2.37. The summed E-state index contributed by atoms with van der Waals surface area (Å²) in [5.41, 5.74) is 2.25. The number of hydrogen-bond acceptors (Lipinski definition) is 1. The van der Waals surface area contributed by atoms with E-state index in [0.717, 1.165) is 5.69 Å². The largest absolute Gasteiger partial charge is 0.335 e. The lowest BCUT2D eigenvalue weighted by atomic mass is 9.87.